The topological polar surface area (TPSA) is 9.23 Å². The van der Waals surface area contributed by atoms with E-state index in [9.17, 15) is 22.0 Å². The molecule has 0 aliphatic rings. The molecule has 0 fully saturated rings. The minimum Gasteiger partial charge on any atom is -0.406 e. The molecule has 0 unspecified atom stereocenters. The van der Waals surface area contributed by atoms with Crippen LogP contribution in [-0.2, 0) is 6.42 Å². The van der Waals surface area contributed by atoms with E-state index in [4.69, 9.17) is 0 Å². The number of hydrogen-bond donors (Lipinski definition) is 0. The second-order valence-corrected chi connectivity index (χ2v) is 7.71. The quantitative estimate of drug-likeness (QED) is 0.235. The molecule has 3 aromatic carbocycles. The van der Waals surface area contributed by atoms with Gasteiger partial charge in [-0.05, 0) is 47.2 Å². The van der Waals surface area contributed by atoms with Gasteiger partial charge in [-0.1, -0.05) is 81.1 Å². The maximum absolute atomic E-state index is 14.7. The van der Waals surface area contributed by atoms with Crippen molar-refractivity contribution in [2.24, 2.45) is 0 Å². The van der Waals surface area contributed by atoms with Crippen LogP contribution < -0.4 is 4.74 Å². The Morgan fingerprint density at radius 2 is 1.22 bits per heavy atom. The molecule has 170 valence electrons. The highest BCUT2D eigenvalue weighted by atomic mass is 19.4. The van der Waals surface area contributed by atoms with E-state index in [2.05, 4.69) is 11.7 Å². The summed E-state index contributed by atoms with van der Waals surface area (Å²) in [5.41, 5.74) is 2.50. The Bertz CT molecular complexity index is 1010. The number of aryl methyl sites for hydroxylation is 1. The van der Waals surface area contributed by atoms with Crippen LogP contribution in [0.2, 0.25) is 0 Å². The summed E-state index contributed by atoms with van der Waals surface area (Å²) in [6.07, 6.45) is 0.986. The van der Waals surface area contributed by atoms with E-state index in [1.807, 2.05) is 0 Å². The van der Waals surface area contributed by atoms with Crippen molar-refractivity contribution in [2.45, 2.75) is 51.8 Å². The number of halogens is 5. The highest BCUT2D eigenvalue weighted by Gasteiger charge is 2.30. The molecular formula is C26H25F5O. The molecule has 0 aliphatic heterocycles. The predicted octanol–water partition coefficient (Wildman–Crippen LogP) is 8.71. The molecule has 0 N–H and O–H groups in total. The van der Waals surface area contributed by atoms with Gasteiger partial charge in [0.2, 0.25) is 0 Å². The molecular weight excluding hydrogens is 423 g/mol. The van der Waals surface area contributed by atoms with Gasteiger partial charge in [0.05, 0.1) is 0 Å². The van der Waals surface area contributed by atoms with Gasteiger partial charge in [0.1, 0.15) is 5.75 Å². The van der Waals surface area contributed by atoms with Crippen LogP contribution in [0.1, 0.15) is 44.6 Å². The number of alkyl halides is 3. The monoisotopic (exact) mass is 448 g/mol. The third kappa shape index (κ3) is 6.31. The van der Waals surface area contributed by atoms with Gasteiger partial charge in [-0.2, -0.15) is 0 Å². The highest BCUT2D eigenvalue weighted by Crippen LogP contribution is 2.31. The Kier molecular flexibility index (Phi) is 7.89. The van der Waals surface area contributed by atoms with Gasteiger partial charge in [-0.25, -0.2) is 8.78 Å². The largest absolute Gasteiger partial charge is 0.573 e. The van der Waals surface area contributed by atoms with Crippen molar-refractivity contribution in [2.75, 3.05) is 0 Å². The van der Waals surface area contributed by atoms with Crippen LogP contribution in [0.5, 0.6) is 5.75 Å². The molecule has 1 nitrogen and oxygen atoms in total. The summed E-state index contributed by atoms with van der Waals surface area (Å²) in [5, 5.41) is 0. The summed E-state index contributed by atoms with van der Waals surface area (Å²) in [5.74, 6) is -1.97. The van der Waals surface area contributed by atoms with Crippen molar-refractivity contribution in [3.63, 3.8) is 0 Å². The van der Waals surface area contributed by atoms with Gasteiger partial charge in [-0.15, -0.1) is 13.2 Å². The second kappa shape index (κ2) is 10.6. The summed E-state index contributed by atoms with van der Waals surface area (Å²) >= 11 is 0. The molecule has 0 aromatic heterocycles. The summed E-state index contributed by atoms with van der Waals surface area (Å²) in [4.78, 5) is 0. The van der Waals surface area contributed by atoms with Crippen LogP contribution in [0.15, 0.2) is 60.7 Å². The van der Waals surface area contributed by atoms with Gasteiger partial charge >= 0.3 is 6.36 Å². The van der Waals surface area contributed by atoms with Crippen molar-refractivity contribution in [3.8, 4) is 28.0 Å². The number of unbranched alkanes of at least 4 members (excludes halogenated alkanes) is 4. The van der Waals surface area contributed by atoms with E-state index in [0.29, 0.717) is 23.1 Å². The Balaban J connectivity index is 1.71. The van der Waals surface area contributed by atoms with E-state index in [1.54, 1.807) is 36.4 Å². The maximum Gasteiger partial charge on any atom is 0.573 e. The lowest BCUT2D eigenvalue weighted by Crippen LogP contribution is -2.16. The van der Waals surface area contributed by atoms with Crippen LogP contribution in [-0.4, -0.2) is 6.36 Å². The molecule has 0 radical (unpaired) electrons. The molecule has 0 amide bonds. The molecule has 0 saturated carbocycles. The zero-order valence-electron chi connectivity index (χ0n) is 17.8. The zero-order valence-corrected chi connectivity index (χ0v) is 17.8. The predicted molar refractivity (Wildman–Crippen MR) is 116 cm³/mol. The molecule has 6 heteroatoms. The molecule has 32 heavy (non-hydrogen) atoms. The first-order valence-corrected chi connectivity index (χ1v) is 10.7. The minimum atomic E-state index is -4.74. The smallest absolute Gasteiger partial charge is 0.406 e. The summed E-state index contributed by atoms with van der Waals surface area (Å²) in [7, 11) is 0. The fourth-order valence-corrected chi connectivity index (χ4v) is 3.62. The Morgan fingerprint density at radius 3 is 1.81 bits per heavy atom. The minimum absolute atomic E-state index is 0.178. The summed E-state index contributed by atoms with van der Waals surface area (Å²) in [6.45, 7) is 2.13. The van der Waals surface area contributed by atoms with Crippen molar-refractivity contribution in [3.05, 3.63) is 77.9 Å². The van der Waals surface area contributed by atoms with Crippen LogP contribution in [0.3, 0.4) is 0 Å². The standard InChI is InChI=1S/C26H25F5O/c1-2-3-4-5-6-7-21-14-17-23(25(28)24(21)27)20-10-8-18(9-11-20)19-12-15-22(16-13-19)32-26(29,30)31/h8-17H,2-7H2,1H3. The lowest BCUT2D eigenvalue weighted by molar-refractivity contribution is -0.274. The zero-order chi connectivity index (χ0) is 23.1. The highest BCUT2D eigenvalue weighted by molar-refractivity contribution is 5.71. The molecule has 0 bridgehead atoms. The normalized spacial score (nSPS) is 11.6. The third-order valence-corrected chi connectivity index (χ3v) is 5.33. The van der Waals surface area contributed by atoms with Crippen molar-refractivity contribution < 1.29 is 26.7 Å². The van der Waals surface area contributed by atoms with Crippen molar-refractivity contribution in [1.82, 2.24) is 0 Å². The molecule has 0 spiro atoms. The number of ether oxygens (including phenoxy) is 1. The van der Waals surface area contributed by atoms with Crippen molar-refractivity contribution in [1.29, 1.82) is 0 Å². The first kappa shape index (κ1) is 23.8. The Labute approximate surface area is 184 Å². The van der Waals surface area contributed by atoms with Gasteiger partial charge in [0.25, 0.3) is 0 Å². The van der Waals surface area contributed by atoms with Gasteiger partial charge in [-0.3, -0.25) is 0 Å². The number of benzene rings is 3. The van der Waals surface area contributed by atoms with Gasteiger partial charge in [0.15, 0.2) is 11.6 Å². The third-order valence-electron chi connectivity index (χ3n) is 5.33. The van der Waals surface area contributed by atoms with E-state index >= 15 is 0 Å². The van der Waals surface area contributed by atoms with Gasteiger partial charge in [0, 0.05) is 5.56 Å². The lowest BCUT2D eigenvalue weighted by Gasteiger charge is -2.11. The molecule has 3 aromatic rings. The van der Waals surface area contributed by atoms with Gasteiger partial charge < -0.3 is 4.74 Å². The Hall–Kier alpha value is -2.89. The SMILES string of the molecule is CCCCCCCc1ccc(-c2ccc(-c3ccc(OC(F)(F)F)cc3)cc2)c(F)c1F. The fourth-order valence-electron chi connectivity index (χ4n) is 3.62. The van der Waals surface area contributed by atoms with E-state index in [1.165, 1.54) is 24.3 Å². The molecule has 0 heterocycles. The van der Waals surface area contributed by atoms with Crippen LogP contribution in [0.25, 0.3) is 22.3 Å². The number of rotatable bonds is 9. The first-order valence-electron chi connectivity index (χ1n) is 10.7. The lowest BCUT2D eigenvalue weighted by atomic mass is 9.97. The van der Waals surface area contributed by atoms with Crippen LogP contribution >= 0.6 is 0 Å². The molecule has 0 saturated heterocycles. The Morgan fingerprint density at radius 1 is 0.656 bits per heavy atom. The van der Waals surface area contributed by atoms with Crippen LogP contribution in [0.4, 0.5) is 22.0 Å². The average Bonchev–Trinajstić information content (AvgIpc) is 2.76. The molecule has 0 aliphatic carbocycles. The first-order chi connectivity index (χ1) is 15.3. The fraction of sp³-hybridized carbons (Fsp3) is 0.308. The molecule has 3 rings (SSSR count). The maximum atomic E-state index is 14.7. The average molecular weight is 448 g/mol. The summed E-state index contributed by atoms with van der Waals surface area (Å²) < 4.78 is 70.0. The summed E-state index contributed by atoms with van der Waals surface area (Å²) in [6, 6.07) is 15.5. The van der Waals surface area contributed by atoms with E-state index in [0.717, 1.165) is 37.7 Å². The van der Waals surface area contributed by atoms with E-state index in [-0.39, 0.29) is 11.3 Å². The molecule has 0 atom stereocenters. The van der Waals surface area contributed by atoms with E-state index < -0.39 is 18.0 Å². The second-order valence-electron chi connectivity index (χ2n) is 7.71. The van der Waals surface area contributed by atoms with Crippen LogP contribution in [0, 0.1) is 11.6 Å². The number of hydrogen-bond acceptors (Lipinski definition) is 1. The van der Waals surface area contributed by atoms with Crippen molar-refractivity contribution >= 4 is 0 Å².